The molecule has 1 fully saturated rings. The lowest BCUT2D eigenvalue weighted by molar-refractivity contribution is -0.622. The summed E-state index contributed by atoms with van der Waals surface area (Å²) in [4.78, 5) is 38.4. The summed E-state index contributed by atoms with van der Waals surface area (Å²) in [6.45, 7) is 8.80. The van der Waals surface area contributed by atoms with E-state index in [1.54, 1.807) is 6.92 Å². The molecule has 1 atom stereocenters. The van der Waals surface area contributed by atoms with E-state index in [1.165, 1.54) is 0 Å². The first kappa shape index (κ1) is 20.9. The second kappa shape index (κ2) is 8.08. The maximum atomic E-state index is 13.0. The molecule has 1 saturated heterocycles. The lowest BCUT2D eigenvalue weighted by Gasteiger charge is -2.28. The summed E-state index contributed by atoms with van der Waals surface area (Å²) < 4.78 is 2.72. The minimum Gasteiger partial charge on any atom is -0.711 e. The molecular formula is C18H29N5O4. The second-order valence-corrected chi connectivity index (χ2v) is 7.80. The highest BCUT2D eigenvalue weighted by Crippen LogP contribution is 2.32. The van der Waals surface area contributed by atoms with Crippen LogP contribution < -0.4 is 15.4 Å². The molecule has 9 heteroatoms. The predicted octanol–water partition coefficient (Wildman–Crippen LogP) is 0.412. The maximum Gasteiger partial charge on any atom is 0.328 e. The van der Waals surface area contributed by atoms with Crippen LogP contribution in [-0.4, -0.2) is 48.0 Å². The molecule has 1 aliphatic heterocycles. The summed E-state index contributed by atoms with van der Waals surface area (Å²) in [6.07, 6.45) is 0.465. The Labute approximate surface area is 159 Å². The monoisotopic (exact) mass is 379 g/mol. The van der Waals surface area contributed by atoms with Gasteiger partial charge in [-0.25, -0.2) is 14.1 Å². The number of amides is 4. The van der Waals surface area contributed by atoms with Gasteiger partial charge in [0.25, 0.3) is 5.82 Å². The normalized spacial score (nSPS) is 16.8. The van der Waals surface area contributed by atoms with Crippen molar-refractivity contribution >= 4 is 17.8 Å². The quantitative estimate of drug-likeness (QED) is 0.405. The Hall–Kier alpha value is -2.42. The van der Waals surface area contributed by atoms with Crippen molar-refractivity contribution in [1.29, 1.82) is 0 Å². The zero-order valence-electron chi connectivity index (χ0n) is 16.8. The van der Waals surface area contributed by atoms with Gasteiger partial charge < -0.3 is 10.1 Å². The number of carbonyl (C=O) groups excluding carboxylic acids is 3. The molecule has 1 aromatic heterocycles. The summed E-state index contributed by atoms with van der Waals surface area (Å²) in [5.74, 6) is -2.55. The van der Waals surface area contributed by atoms with E-state index in [-0.39, 0.29) is 5.92 Å². The molecule has 150 valence electrons. The average molecular weight is 379 g/mol. The Bertz CT molecular complexity index is 733. The van der Waals surface area contributed by atoms with E-state index in [1.807, 2.05) is 44.3 Å². The zero-order chi connectivity index (χ0) is 20.5. The van der Waals surface area contributed by atoms with Crippen molar-refractivity contribution in [2.75, 3.05) is 20.6 Å². The van der Waals surface area contributed by atoms with Gasteiger partial charge >= 0.3 is 6.03 Å². The molecule has 0 aliphatic carbocycles. The highest BCUT2D eigenvalue weighted by molar-refractivity contribution is 6.16. The number of aromatic nitrogens is 2. The fourth-order valence-corrected chi connectivity index (χ4v) is 3.52. The van der Waals surface area contributed by atoms with Crippen LogP contribution in [0.1, 0.15) is 43.4 Å². The SMILES string of the molecule is Cc1c(C)[n+]([O-])c([C@H](CC(C)C)C2C(=O)NC(=O)NC2=O)n1CCN(C)C. The van der Waals surface area contributed by atoms with Gasteiger partial charge in [-0.1, -0.05) is 13.8 Å². The van der Waals surface area contributed by atoms with E-state index in [0.29, 0.717) is 31.0 Å². The van der Waals surface area contributed by atoms with Crippen molar-refractivity contribution in [3.63, 3.8) is 0 Å². The first-order valence-electron chi connectivity index (χ1n) is 9.14. The minimum atomic E-state index is -1.13. The van der Waals surface area contributed by atoms with Crippen molar-refractivity contribution in [2.45, 2.75) is 46.6 Å². The zero-order valence-corrected chi connectivity index (χ0v) is 16.8. The average Bonchev–Trinajstić information content (AvgIpc) is 2.74. The topological polar surface area (TPSA) is 110 Å². The van der Waals surface area contributed by atoms with Gasteiger partial charge in [-0.05, 0) is 26.4 Å². The van der Waals surface area contributed by atoms with Gasteiger partial charge in [0.05, 0.1) is 5.92 Å². The Morgan fingerprint density at radius 2 is 1.70 bits per heavy atom. The maximum absolute atomic E-state index is 13.0. The van der Waals surface area contributed by atoms with E-state index >= 15 is 0 Å². The minimum absolute atomic E-state index is 0.144. The van der Waals surface area contributed by atoms with E-state index in [0.717, 1.165) is 10.4 Å². The Kier molecular flexibility index (Phi) is 6.25. The number of imide groups is 2. The smallest absolute Gasteiger partial charge is 0.328 e. The standard InChI is InChI=1S/C18H29N5O4/c1-10(2)9-13(14-15(24)19-18(26)20-16(14)25)17-22(8-7-21(5)6)11(3)12(4)23(17)27/h10,13-14H,7-9H2,1-6H3,(H2,19,20,24,25,26)/t13-/m1/s1. The van der Waals surface area contributed by atoms with E-state index in [2.05, 4.69) is 10.6 Å². The summed E-state index contributed by atoms with van der Waals surface area (Å²) >= 11 is 0. The molecule has 0 bridgehead atoms. The number of likely N-dealkylation sites (N-methyl/N-ethyl adjacent to an activating group) is 1. The summed E-state index contributed by atoms with van der Waals surface area (Å²) in [5.41, 5.74) is 1.36. The third-order valence-corrected chi connectivity index (χ3v) is 4.99. The number of hydrogen-bond acceptors (Lipinski definition) is 5. The summed E-state index contributed by atoms with van der Waals surface area (Å²) in [7, 11) is 3.88. The van der Waals surface area contributed by atoms with E-state index in [9.17, 15) is 19.6 Å². The van der Waals surface area contributed by atoms with E-state index < -0.39 is 29.7 Å². The number of rotatable bonds is 7. The van der Waals surface area contributed by atoms with Gasteiger partial charge in [-0.3, -0.25) is 20.2 Å². The Balaban J connectivity index is 2.56. The molecular weight excluding hydrogens is 350 g/mol. The van der Waals surface area contributed by atoms with Crippen LogP contribution in [0.25, 0.3) is 0 Å². The number of urea groups is 1. The fourth-order valence-electron chi connectivity index (χ4n) is 3.52. The fraction of sp³-hybridized carbons (Fsp3) is 0.667. The highest BCUT2D eigenvalue weighted by Gasteiger charge is 2.46. The van der Waals surface area contributed by atoms with Crippen LogP contribution >= 0.6 is 0 Å². The summed E-state index contributed by atoms with van der Waals surface area (Å²) in [5, 5.41) is 17.3. The Morgan fingerprint density at radius 1 is 1.15 bits per heavy atom. The van der Waals surface area contributed by atoms with Gasteiger partial charge in [0.15, 0.2) is 0 Å². The highest BCUT2D eigenvalue weighted by atomic mass is 16.5. The number of nitrogens with zero attached hydrogens (tertiary/aromatic N) is 3. The first-order chi connectivity index (χ1) is 12.5. The molecule has 27 heavy (non-hydrogen) atoms. The lowest BCUT2D eigenvalue weighted by atomic mass is 9.82. The molecule has 0 saturated carbocycles. The van der Waals surface area contributed by atoms with Crippen LogP contribution in [0.2, 0.25) is 0 Å². The third kappa shape index (κ3) is 4.29. The number of barbiturate groups is 1. The molecule has 4 amide bonds. The largest absolute Gasteiger partial charge is 0.711 e. The first-order valence-corrected chi connectivity index (χ1v) is 9.14. The van der Waals surface area contributed by atoms with Crippen LogP contribution in [0, 0.1) is 30.9 Å². The van der Waals surface area contributed by atoms with E-state index in [4.69, 9.17) is 0 Å². The molecule has 2 N–H and O–H groups in total. The van der Waals surface area contributed by atoms with Gasteiger partial charge in [0.2, 0.25) is 11.8 Å². The van der Waals surface area contributed by atoms with Gasteiger partial charge in [0.1, 0.15) is 23.9 Å². The molecule has 0 radical (unpaired) electrons. The predicted molar refractivity (Wildman–Crippen MR) is 98.8 cm³/mol. The van der Waals surface area contributed by atoms with Crippen LogP contribution in [-0.2, 0) is 16.1 Å². The lowest BCUT2D eigenvalue weighted by Crippen LogP contribution is -2.58. The molecule has 0 unspecified atom stereocenters. The van der Waals surface area contributed by atoms with Gasteiger partial charge in [0, 0.05) is 20.4 Å². The molecule has 9 nitrogen and oxygen atoms in total. The van der Waals surface area contributed by atoms with Crippen molar-refractivity contribution in [3.05, 3.63) is 22.4 Å². The van der Waals surface area contributed by atoms with Crippen molar-refractivity contribution in [3.8, 4) is 0 Å². The number of hydrogen-bond donors (Lipinski definition) is 2. The van der Waals surface area contributed by atoms with Crippen LogP contribution in [0.3, 0.4) is 0 Å². The van der Waals surface area contributed by atoms with Crippen molar-refractivity contribution in [1.82, 2.24) is 20.1 Å². The van der Waals surface area contributed by atoms with Crippen LogP contribution in [0.4, 0.5) is 4.79 Å². The van der Waals surface area contributed by atoms with Crippen molar-refractivity contribution < 1.29 is 19.1 Å². The Morgan fingerprint density at radius 3 is 2.19 bits per heavy atom. The molecule has 1 aliphatic rings. The number of imidazole rings is 1. The molecule has 1 aromatic rings. The third-order valence-electron chi connectivity index (χ3n) is 4.99. The van der Waals surface area contributed by atoms with Crippen LogP contribution in [0.5, 0.6) is 0 Å². The molecule has 0 spiro atoms. The molecule has 0 aromatic carbocycles. The number of nitrogens with one attached hydrogen (secondary N) is 2. The summed E-state index contributed by atoms with van der Waals surface area (Å²) in [6, 6.07) is -0.824. The van der Waals surface area contributed by atoms with Crippen LogP contribution in [0.15, 0.2) is 0 Å². The molecule has 2 heterocycles. The second-order valence-electron chi connectivity index (χ2n) is 7.80. The van der Waals surface area contributed by atoms with Gasteiger partial charge in [-0.2, -0.15) is 0 Å². The molecule has 2 rings (SSSR count). The number of carbonyl (C=O) groups is 3. The van der Waals surface area contributed by atoms with Crippen molar-refractivity contribution in [2.24, 2.45) is 11.8 Å². The van der Waals surface area contributed by atoms with Gasteiger partial charge in [-0.15, -0.1) is 0 Å².